The van der Waals surface area contributed by atoms with Gasteiger partial charge in [0.1, 0.15) is 0 Å². The van der Waals surface area contributed by atoms with Crippen molar-refractivity contribution in [1.29, 1.82) is 0 Å². The van der Waals surface area contributed by atoms with Crippen LogP contribution in [0.25, 0.3) is 0 Å². The Hall–Kier alpha value is -2.62. The average Bonchev–Trinajstić information content (AvgIpc) is 2.74. The number of likely N-dealkylation sites (tertiary alicyclic amines) is 1. The van der Waals surface area contributed by atoms with Gasteiger partial charge in [-0.25, -0.2) is 0 Å². The zero-order chi connectivity index (χ0) is 20.1. The van der Waals surface area contributed by atoms with E-state index in [1.165, 1.54) is 5.56 Å². The van der Waals surface area contributed by atoms with Gasteiger partial charge in [0.15, 0.2) is 0 Å². The lowest BCUT2D eigenvalue weighted by molar-refractivity contribution is -0.133. The highest BCUT2D eigenvalue weighted by molar-refractivity contribution is 5.93. The molecule has 1 fully saturated rings. The third-order valence-electron chi connectivity index (χ3n) is 5.73. The fourth-order valence-electron chi connectivity index (χ4n) is 3.89. The number of nitrogens with zero attached hydrogens (tertiary/aromatic N) is 2. The quantitative estimate of drug-likeness (QED) is 0.790. The minimum Gasteiger partial charge on any atom is -0.345 e. The van der Waals surface area contributed by atoms with E-state index in [1.54, 1.807) is 19.0 Å². The molecule has 0 spiro atoms. The monoisotopic (exact) mass is 378 g/mol. The summed E-state index contributed by atoms with van der Waals surface area (Å²) in [5, 5.41) is 0. The number of hydrogen-bond acceptors (Lipinski definition) is 2. The molecule has 2 aromatic carbocycles. The van der Waals surface area contributed by atoms with Crippen molar-refractivity contribution in [1.82, 2.24) is 9.80 Å². The second-order valence-corrected chi connectivity index (χ2v) is 8.00. The zero-order valence-corrected chi connectivity index (χ0v) is 17.1. The lowest BCUT2D eigenvalue weighted by atomic mass is 9.89. The molecule has 1 heterocycles. The molecule has 1 atom stereocenters. The van der Waals surface area contributed by atoms with Crippen LogP contribution in [0.5, 0.6) is 0 Å². The number of carbonyl (C=O) groups is 2. The Morgan fingerprint density at radius 2 is 1.61 bits per heavy atom. The fraction of sp³-hybridized carbons (Fsp3) is 0.417. The van der Waals surface area contributed by atoms with Crippen LogP contribution in [0.15, 0.2) is 54.6 Å². The molecule has 0 aliphatic carbocycles. The summed E-state index contributed by atoms with van der Waals surface area (Å²) in [7, 11) is 3.54. The Bertz CT molecular complexity index is 791. The molecule has 0 radical (unpaired) electrons. The molecule has 0 N–H and O–H groups in total. The van der Waals surface area contributed by atoms with E-state index in [4.69, 9.17) is 0 Å². The summed E-state index contributed by atoms with van der Waals surface area (Å²) in [6.07, 6.45) is 3.07. The molecule has 148 valence electrons. The van der Waals surface area contributed by atoms with Crippen molar-refractivity contribution < 1.29 is 9.59 Å². The van der Waals surface area contributed by atoms with E-state index in [-0.39, 0.29) is 17.7 Å². The first-order chi connectivity index (χ1) is 13.5. The van der Waals surface area contributed by atoms with Crippen molar-refractivity contribution in [2.75, 3.05) is 27.2 Å². The van der Waals surface area contributed by atoms with Gasteiger partial charge in [0.2, 0.25) is 5.91 Å². The standard InChI is InChI=1S/C24H30N2O2/c1-18(21-7-5-4-6-8-21)23(27)26-15-13-20(14-16-26)17-19-9-11-22(12-10-19)24(28)25(2)3/h4-12,18,20H,13-17H2,1-3H3. The molecule has 1 unspecified atom stereocenters. The van der Waals surface area contributed by atoms with Crippen molar-refractivity contribution in [3.05, 3.63) is 71.3 Å². The molecule has 1 aliphatic heterocycles. The van der Waals surface area contributed by atoms with Gasteiger partial charge in [0.25, 0.3) is 5.91 Å². The van der Waals surface area contributed by atoms with Crippen molar-refractivity contribution in [3.63, 3.8) is 0 Å². The number of amides is 2. The summed E-state index contributed by atoms with van der Waals surface area (Å²) in [6, 6.07) is 18.0. The molecule has 4 heteroatoms. The average molecular weight is 379 g/mol. The number of benzene rings is 2. The van der Waals surface area contributed by atoms with Crippen LogP contribution in [0.1, 0.15) is 47.2 Å². The smallest absolute Gasteiger partial charge is 0.253 e. The Balaban J connectivity index is 1.51. The predicted molar refractivity (Wildman–Crippen MR) is 112 cm³/mol. The molecule has 3 rings (SSSR count). The molecule has 2 amide bonds. The minimum atomic E-state index is -0.0838. The van der Waals surface area contributed by atoms with Crippen LogP contribution in [0.3, 0.4) is 0 Å². The summed E-state index contributed by atoms with van der Waals surface area (Å²) >= 11 is 0. The second kappa shape index (κ2) is 9.05. The molecular weight excluding hydrogens is 348 g/mol. The summed E-state index contributed by atoms with van der Waals surface area (Å²) in [5.41, 5.74) is 3.07. The molecule has 4 nitrogen and oxygen atoms in total. The minimum absolute atomic E-state index is 0.0332. The van der Waals surface area contributed by atoms with Crippen LogP contribution in [-0.4, -0.2) is 48.8 Å². The third kappa shape index (κ3) is 4.80. The van der Waals surface area contributed by atoms with Gasteiger partial charge in [-0.05, 0) is 55.4 Å². The van der Waals surface area contributed by atoms with Crippen molar-refractivity contribution >= 4 is 11.8 Å². The van der Waals surface area contributed by atoms with Crippen LogP contribution < -0.4 is 0 Å². The molecular formula is C24H30N2O2. The van der Waals surface area contributed by atoms with Crippen molar-refractivity contribution in [2.45, 2.75) is 32.1 Å². The Kier molecular flexibility index (Phi) is 6.50. The Labute approximate surface area is 168 Å². The maximum absolute atomic E-state index is 12.8. The van der Waals surface area contributed by atoms with Gasteiger partial charge in [0, 0.05) is 32.7 Å². The summed E-state index contributed by atoms with van der Waals surface area (Å²) < 4.78 is 0. The highest BCUT2D eigenvalue weighted by Crippen LogP contribution is 2.25. The van der Waals surface area contributed by atoms with Crippen LogP contribution in [0.2, 0.25) is 0 Å². The van der Waals surface area contributed by atoms with Gasteiger partial charge in [-0.2, -0.15) is 0 Å². The van der Waals surface area contributed by atoms with Gasteiger partial charge < -0.3 is 9.80 Å². The van der Waals surface area contributed by atoms with Gasteiger partial charge in [-0.15, -0.1) is 0 Å². The Morgan fingerprint density at radius 1 is 1.00 bits per heavy atom. The number of hydrogen-bond donors (Lipinski definition) is 0. The van der Waals surface area contributed by atoms with Gasteiger partial charge >= 0.3 is 0 Å². The topological polar surface area (TPSA) is 40.6 Å². The largest absolute Gasteiger partial charge is 0.345 e. The number of rotatable bonds is 5. The van der Waals surface area contributed by atoms with Crippen LogP contribution in [0.4, 0.5) is 0 Å². The summed E-state index contributed by atoms with van der Waals surface area (Å²) in [4.78, 5) is 28.4. The molecule has 2 aromatic rings. The van der Waals surface area contributed by atoms with E-state index in [9.17, 15) is 9.59 Å². The summed E-state index contributed by atoms with van der Waals surface area (Å²) in [6.45, 7) is 3.66. The lowest BCUT2D eigenvalue weighted by Gasteiger charge is -2.34. The van der Waals surface area contributed by atoms with Crippen molar-refractivity contribution in [2.24, 2.45) is 5.92 Å². The van der Waals surface area contributed by atoms with E-state index in [1.807, 2.05) is 54.3 Å². The van der Waals surface area contributed by atoms with Gasteiger partial charge in [-0.1, -0.05) is 42.5 Å². The zero-order valence-electron chi connectivity index (χ0n) is 17.1. The number of carbonyl (C=O) groups excluding carboxylic acids is 2. The van der Waals surface area contributed by atoms with Crippen LogP contribution in [0, 0.1) is 5.92 Å². The Morgan fingerprint density at radius 3 is 2.18 bits per heavy atom. The van der Waals surface area contributed by atoms with E-state index in [0.29, 0.717) is 5.92 Å². The maximum Gasteiger partial charge on any atom is 0.253 e. The highest BCUT2D eigenvalue weighted by atomic mass is 16.2. The first kappa shape index (κ1) is 20.1. The second-order valence-electron chi connectivity index (χ2n) is 8.00. The number of piperidine rings is 1. The van der Waals surface area contributed by atoms with Crippen LogP contribution in [-0.2, 0) is 11.2 Å². The lowest BCUT2D eigenvalue weighted by Crippen LogP contribution is -2.40. The highest BCUT2D eigenvalue weighted by Gasteiger charge is 2.26. The van der Waals surface area contributed by atoms with Gasteiger partial charge in [-0.3, -0.25) is 9.59 Å². The van der Waals surface area contributed by atoms with E-state index in [2.05, 4.69) is 12.1 Å². The van der Waals surface area contributed by atoms with Crippen LogP contribution >= 0.6 is 0 Å². The fourth-order valence-corrected chi connectivity index (χ4v) is 3.89. The normalized spacial score (nSPS) is 15.9. The van der Waals surface area contributed by atoms with Crippen molar-refractivity contribution in [3.8, 4) is 0 Å². The molecule has 28 heavy (non-hydrogen) atoms. The maximum atomic E-state index is 12.8. The first-order valence-corrected chi connectivity index (χ1v) is 10.1. The third-order valence-corrected chi connectivity index (χ3v) is 5.73. The molecule has 0 saturated carbocycles. The molecule has 1 aliphatic rings. The molecule has 0 aromatic heterocycles. The van der Waals surface area contributed by atoms with E-state index in [0.717, 1.165) is 43.5 Å². The molecule has 1 saturated heterocycles. The molecule has 0 bridgehead atoms. The first-order valence-electron chi connectivity index (χ1n) is 10.1. The van der Waals surface area contributed by atoms with E-state index < -0.39 is 0 Å². The predicted octanol–water partition coefficient (Wildman–Crippen LogP) is 3.97. The van der Waals surface area contributed by atoms with Gasteiger partial charge in [0.05, 0.1) is 5.92 Å². The SMILES string of the molecule is CC(C(=O)N1CCC(Cc2ccc(C(=O)N(C)C)cc2)CC1)c1ccccc1. The summed E-state index contributed by atoms with van der Waals surface area (Å²) in [5.74, 6) is 0.771. The van der Waals surface area contributed by atoms with E-state index >= 15 is 0 Å².